The molecule has 9 nitrogen and oxygen atoms in total. The number of benzene rings is 2. The van der Waals surface area contributed by atoms with Crippen LogP contribution >= 0.6 is 0 Å². The van der Waals surface area contributed by atoms with Crippen LogP contribution in [-0.4, -0.2) is 56.9 Å². The number of carbonyl (C=O) groups is 2. The molecule has 2 aromatic carbocycles. The number of amides is 2. The van der Waals surface area contributed by atoms with Gasteiger partial charge in [-0.2, -0.15) is 13.2 Å². The standard InChI is InChI=1S/C34H41F3N6O3/c1-21-14-33(15-21,30-40-39-20-41(30)5)24-7-6-8-25(13-24)43-19-27-26(29(43)44)11-23(12-28(27)34(35,36)37)18-42-10-9-22(17-42)16-38-31(45)46-32(2,3)4/h6-8,11-13,20-22H,9-10,14-19H2,1-5H3,(H,38,45)/t21?,22-,33?/m0/s1. The summed E-state index contributed by atoms with van der Waals surface area (Å²) in [5.41, 5.74) is 0.360. The molecule has 0 unspecified atom stereocenters. The van der Waals surface area contributed by atoms with Crippen molar-refractivity contribution >= 4 is 17.7 Å². The van der Waals surface area contributed by atoms with Crippen molar-refractivity contribution in [2.45, 2.75) is 77.2 Å². The van der Waals surface area contributed by atoms with Gasteiger partial charge in [-0.1, -0.05) is 19.1 Å². The number of aromatic nitrogens is 3. The Labute approximate surface area is 267 Å². The molecule has 1 atom stereocenters. The number of alkyl carbamates (subject to hydrolysis) is 1. The van der Waals surface area contributed by atoms with Crippen molar-refractivity contribution in [1.82, 2.24) is 25.0 Å². The Hall–Kier alpha value is -3.93. The Morgan fingerprint density at radius 3 is 2.57 bits per heavy atom. The molecule has 2 aliphatic heterocycles. The van der Waals surface area contributed by atoms with Gasteiger partial charge in [0.15, 0.2) is 0 Å². The molecule has 1 saturated carbocycles. The highest BCUT2D eigenvalue weighted by Gasteiger charge is 2.48. The normalized spacial score (nSPS) is 23.4. The highest BCUT2D eigenvalue weighted by molar-refractivity contribution is 6.10. The molecular formula is C34H41F3N6O3. The maximum absolute atomic E-state index is 14.4. The number of likely N-dealkylation sites (tertiary alicyclic amines) is 1. The summed E-state index contributed by atoms with van der Waals surface area (Å²) in [5, 5.41) is 11.3. The summed E-state index contributed by atoms with van der Waals surface area (Å²) in [6.45, 7) is 9.41. The molecule has 3 heterocycles. The van der Waals surface area contributed by atoms with Crippen molar-refractivity contribution in [3.8, 4) is 0 Å². The summed E-state index contributed by atoms with van der Waals surface area (Å²) in [6, 6.07) is 10.4. The Bertz CT molecular complexity index is 1640. The van der Waals surface area contributed by atoms with Gasteiger partial charge in [-0.3, -0.25) is 9.69 Å². The van der Waals surface area contributed by atoms with Crippen LogP contribution in [0.4, 0.5) is 23.7 Å². The summed E-state index contributed by atoms with van der Waals surface area (Å²) < 4.78 is 50.5. The number of anilines is 1. The maximum Gasteiger partial charge on any atom is 0.416 e. The number of ether oxygens (including phenoxy) is 1. The van der Waals surface area contributed by atoms with E-state index in [0.717, 1.165) is 30.7 Å². The lowest BCUT2D eigenvalue weighted by molar-refractivity contribution is -0.138. The zero-order chi connectivity index (χ0) is 33.0. The van der Waals surface area contributed by atoms with Crippen molar-refractivity contribution in [2.75, 3.05) is 24.5 Å². The minimum atomic E-state index is -4.61. The molecule has 1 N–H and O–H groups in total. The van der Waals surface area contributed by atoms with Crippen molar-refractivity contribution in [1.29, 1.82) is 0 Å². The zero-order valence-corrected chi connectivity index (χ0v) is 26.9. The average Bonchev–Trinajstić information content (AvgIpc) is 3.67. The Kier molecular flexibility index (Phi) is 8.15. The van der Waals surface area contributed by atoms with Gasteiger partial charge in [0.25, 0.3) is 5.91 Å². The first-order valence-corrected chi connectivity index (χ1v) is 15.8. The first-order valence-electron chi connectivity index (χ1n) is 15.8. The molecule has 6 rings (SSSR count). The van der Waals surface area contributed by atoms with E-state index in [4.69, 9.17) is 4.74 Å². The van der Waals surface area contributed by atoms with E-state index in [1.54, 1.807) is 39.2 Å². The third-order valence-corrected chi connectivity index (χ3v) is 9.36. The van der Waals surface area contributed by atoms with E-state index in [1.165, 1.54) is 11.0 Å². The predicted molar refractivity (Wildman–Crippen MR) is 166 cm³/mol. The number of halogens is 3. The summed E-state index contributed by atoms with van der Waals surface area (Å²) in [7, 11) is 1.91. The molecule has 12 heteroatoms. The fourth-order valence-electron chi connectivity index (χ4n) is 7.41. The smallest absolute Gasteiger partial charge is 0.416 e. The molecule has 3 aromatic rings. The van der Waals surface area contributed by atoms with Crippen LogP contribution in [-0.2, 0) is 36.5 Å². The lowest BCUT2D eigenvalue weighted by atomic mass is 9.58. The number of nitrogens with one attached hydrogen (secondary N) is 1. The van der Waals surface area contributed by atoms with E-state index in [1.807, 2.05) is 29.8 Å². The van der Waals surface area contributed by atoms with Gasteiger partial charge in [0.1, 0.15) is 17.8 Å². The third kappa shape index (κ3) is 6.23. The predicted octanol–water partition coefficient (Wildman–Crippen LogP) is 6.06. The molecule has 246 valence electrons. The monoisotopic (exact) mass is 638 g/mol. The lowest BCUT2D eigenvalue weighted by Crippen LogP contribution is -2.43. The number of hydrogen-bond donors (Lipinski definition) is 1. The van der Waals surface area contributed by atoms with Gasteiger partial charge in [0, 0.05) is 37.9 Å². The van der Waals surface area contributed by atoms with Gasteiger partial charge in [0.2, 0.25) is 0 Å². The number of rotatable bonds is 7. The van der Waals surface area contributed by atoms with Crippen molar-refractivity contribution < 1.29 is 27.5 Å². The van der Waals surface area contributed by atoms with E-state index in [2.05, 4.69) is 27.3 Å². The van der Waals surface area contributed by atoms with Crippen LogP contribution in [0.3, 0.4) is 0 Å². The van der Waals surface area contributed by atoms with Crippen LogP contribution in [0.2, 0.25) is 0 Å². The minimum absolute atomic E-state index is 0.00722. The quantitative estimate of drug-likeness (QED) is 0.339. The molecule has 2 fully saturated rings. The van der Waals surface area contributed by atoms with E-state index >= 15 is 0 Å². The zero-order valence-electron chi connectivity index (χ0n) is 26.9. The molecular weight excluding hydrogens is 597 g/mol. The lowest BCUT2D eigenvalue weighted by Gasteiger charge is -2.46. The number of carbonyl (C=O) groups excluding carboxylic acids is 2. The largest absolute Gasteiger partial charge is 0.444 e. The number of hydrogen-bond acceptors (Lipinski definition) is 6. The van der Waals surface area contributed by atoms with Crippen molar-refractivity contribution in [2.24, 2.45) is 18.9 Å². The van der Waals surface area contributed by atoms with Gasteiger partial charge in [0.05, 0.1) is 17.5 Å². The summed E-state index contributed by atoms with van der Waals surface area (Å²) in [6.07, 6.45) is -0.894. The van der Waals surface area contributed by atoms with E-state index in [9.17, 15) is 22.8 Å². The van der Waals surface area contributed by atoms with Crippen molar-refractivity contribution in [3.63, 3.8) is 0 Å². The molecule has 1 saturated heterocycles. The molecule has 1 aliphatic carbocycles. The Morgan fingerprint density at radius 2 is 1.91 bits per heavy atom. The topological polar surface area (TPSA) is 92.6 Å². The molecule has 0 radical (unpaired) electrons. The molecule has 0 spiro atoms. The van der Waals surface area contributed by atoms with Gasteiger partial charge >= 0.3 is 12.3 Å². The van der Waals surface area contributed by atoms with Crippen LogP contribution in [0.25, 0.3) is 0 Å². The number of aryl methyl sites for hydroxylation is 1. The number of fused-ring (bicyclic) bond motifs is 1. The van der Waals surface area contributed by atoms with Crippen LogP contribution in [0.1, 0.15) is 85.4 Å². The third-order valence-electron chi connectivity index (χ3n) is 9.36. The molecule has 46 heavy (non-hydrogen) atoms. The SMILES string of the molecule is CC1CC(c2cccc(N3Cc4c(cc(CN5CC[C@@H](CNC(=O)OC(C)(C)C)C5)cc4C(F)(F)F)C3=O)c2)(c2nncn2C)C1. The maximum atomic E-state index is 14.4. The molecule has 1 aromatic heterocycles. The summed E-state index contributed by atoms with van der Waals surface area (Å²) in [5.74, 6) is 1.04. The van der Waals surface area contributed by atoms with E-state index < -0.39 is 29.3 Å². The summed E-state index contributed by atoms with van der Waals surface area (Å²) >= 11 is 0. The van der Waals surface area contributed by atoms with Gasteiger partial charge in [-0.15, -0.1) is 10.2 Å². The van der Waals surface area contributed by atoms with Crippen LogP contribution in [0.15, 0.2) is 42.7 Å². The first-order chi connectivity index (χ1) is 21.6. The van der Waals surface area contributed by atoms with E-state index in [0.29, 0.717) is 36.8 Å². The Morgan fingerprint density at radius 1 is 1.15 bits per heavy atom. The van der Waals surface area contributed by atoms with Crippen LogP contribution < -0.4 is 10.2 Å². The first kappa shape index (κ1) is 32.0. The second-order valence-corrected chi connectivity index (χ2v) is 14.2. The van der Waals surface area contributed by atoms with Gasteiger partial charge < -0.3 is 19.5 Å². The molecule has 3 aliphatic rings. The van der Waals surface area contributed by atoms with E-state index in [-0.39, 0.29) is 35.5 Å². The highest BCUT2D eigenvalue weighted by atomic mass is 19.4. The molecule has 2 amide bonds. The highest BCUT2D eigenvalue weighted by Crippen LogP contribution is 2.52. The summed E-state index contributed by atoms with van der Waals surface area (Å²) in [4.78, 5) is 29.4. The van der Waals surface area contributed by atoms with Crippen LogP contribution in [0.5, 0.6) is 0 Å². The van der Waals surface area contributed by atoms with Crippen molar-refractivity contribution in [3.05, 3.63) is 76.4 Å². The fourth-order valence-corrected chi connectivity index (χ4v) is 7.41. The molecule has 0 bridgehead atoms. The number of nitrogens with zero attached hydrogens (tertiary/aromatic N) is 5. The average molecular weight is 639 g/mol. The fraction of sp³-hybridized carbons (Fsp3) is 0.529. The van der Waals surface area contributed by atoms with Gasteiger partial charge in [-0.05, 0) is 99.4 Å². The van der Waals surface area contributed by atoms with Gasteiger partial charge in [-0.25, -0.2) is 4.79 Å². The van der Waals surface area contributed by atoms with Crippen LogP contribution in [0, 0.1) is 11.8 Å². The minimum Gasteiger partial charge on any atom is -0.444 e. The second kappa shape index (κ2) is 11.7. The Balaban J connectivity index is 1.21. The second-order valence-electron chi connectivity index (χ2n) is 14.2. The number of alkyl halides is 3.